The number of carbonyl (C=O) groups excluding carboxylic acids is 2. The number of amides is 2. The molecule has 1 heterocycles. The minimum atomic E-state index is -4.91. The Balaban J connectivity index is 1.26. The van der Waals surface area contributed by atoms with Crippen LogP contribution in [-0.2, 0) is 15.8 Å². The van der Waals surface area contributed by atoms with Gasteiger partial charge in [-0.1, -0.05) is 24.9 Å². The van der Waals surface area contributed by atoms with E-state index >= 15 is 0 Å². The van der Waals surface area contributed by atoms with E-state index in [-0.39, 0.29) is 53.6 Å². The summed E-state index contributed by atoms with van der Waals surface area (Å²) < 4.78 is 59.6. The summed E-state index contributed by atoms with van der Waals surface area (Å²) in [5.74, 6) is -2.41. The highest BCUT2D eigenvalue weighted by Gasteiger charge is 2.57. The highest BCUT2D eigenvalue weighted by atomic mass is 19.4. The van der Waals surface area contributed by atoms with E-state index in [4.69, 9.17) is 9.57 Å². The molecule has 6 rings (SSSR count). The van der Waals surface area contributed by atoms with E-state index in [0.717, 1.165) is 44.6 Å². The Morgan fingerprint density at radius 3 is 2.61 bits per heavy atom. The first-order valence-corrected chi connectivity index (χ1v) is 16.0. The van der Waals surface area contributed by atoms with Crippen molar-refractivity contribution < 1.29 is 41.8 Å². The van der Waals surface area contributed by atoms with E-state index in [1.807, 2.05) is 6.07 Å². The molecule has 3 aliphatic carbocycles. The second-order valence-corrected chi connectivity index (χ2v) is 13.1. The van der Waals surface area contributed by atoms with Gasteiger partial charge in [0.2, 0.25) is 5.91 Å². The van der Waals surface area contributed by atoms with Gasteiger partial charge in [0, 0.05) is 29.8 Å². The number of benzene rings is 2. The van der Waals surface area contributed by atoms with Crippen LogP contribution in [0.2, 0.25) is 0 Å². The molecule has 3 fully saturated rings. The van der Waals surface area contributed by atoms with Crippen molar-refractivity contribution in [1.82, 2.24) is 5.32 Å². The third kappa shape index (κ3) is 5.96. The number of unbranched alkanes of at least 4 members (excludes halogenated alkanes) is 1. The number of nitrogens with zero attached hydrogens (tertiary/aromatic N) is 1. The number of methoxy groups -OCH3 is 1. The van der Waals surface area contributed by atoms with Crippen molar-refractivity contribution in [3.63, 3.8) is 0 Å². The van der Waals surface area contributed by atoms with E-state index in [1.165, 1.54) is 7.11 Å². The Hall–Kier alpha value is -3.67. The monoisotopic (exact) mass is 645 g/mol. The van der Waals surface area contributed by atoms with E-state index in [0.29, 0.717) is 35.6 Å². The second-order valence-electron chi connectivity index (χ2n) is 13.1. The molecule has 12 heteroatoms. The molecule has 3 saturated carbocycles. The number of fused-ring (bicyclic) bond motifs is 3. The summed E-state index contributed by atoms with van der Waals surface area (Å²) in [6, 6.07) is 7.08. The van der Waals surface area contributed by atoms with Crippen LogP contribution in [0.15, 0.2) is 41.6 Å². The number of halogens is 4. The van der Waals surface area contributed by atoms with Crippen molar-refractivity contribution in [2.75, 3.05) is 19.0 Å². The van der Waals surface area contributed by atoms with Gasteiger partial charge in [0.15, 0.2) is 0 Å². The zero-order valence-corrected chi connectivity index (χ0v) is 25.8. The van der Waals surface area contributed by atoms with Gasteiger partial charge < -0.3 is 25.3 Å². The van der Waals surface area contributed by atoms with E-state index < -0.39 is 41.3 Å². The molecular formula is C34H39F4N3O5. The lowest BCUT2D eigenvalue weighted by atomic mass is 9.83. The van der Waals surface area contributed by atoms with Crippen LogP contribution >= 0.6 is 0 Å². The Labute approximate surface area is 264 Å². The Morgan fingerprint density at radius 1 is 1.11 bits per heavy atom. The van der Waals surface area contributed by atoms with Crippen molar-refractivity contribution >= 4 is 23.2 Å². The molecule has 2 aromatic rings. The lowest BCUT2D eigenvalue weighted by Crippen LogP contribution is -2.48. The van der Waals surface area contributed by atoms with Gasteiger partial charge in [-0.2, -0.15) is 13.2 Å². The summed E-state index contributed by atoms with van der Waals surface area (Å²) >= 11 is 0. The molecule has 0 aromatic heterocycles. The summed E-state index contributed by atoms with van der Waals surface area (Å²) in [5.41, 5.74) is 0.0790. The molecule has 4 aliphatic rings. The van der Waals surface area contributed by atoms with Gasteiger partial charge in [0.05, 0.1) is 29.9 Å². The van der Waals surface area contributed by atoms with Gasteiger partial charge >= 0.3 is 6.18 Å². The van der Waals surface area contributed by atoms with E-state index in [1.54, 1.807) is 12.1 Å². The number of oxime groups is 1. The van der Waals surface area contributed by atoms with Crippen LogP contribution in [0, 0.1) is 41.3 Å². The van der Waals surface area contributed by atoms with Crippen LogP contribution in [0.25, 0.3) is 0 Å². The summed E-state index contributed by atoms with van der Waals surface area (Å²) in [6.45, 7) is 2.16. The number of aliphatic hydroxyl groups is 1. The molecule has 0 spiro atoms. The zero-order valence-electron chi connectivity index (χ0n) is 25.8. The van der Waals surface area contributed by atoms with Crippen LogP contribution in [0.3, 0.4) is 0 Å². The molecule has 2 amide bonds. The maximum Gasteiger partial charge on any atom is 0.419 e. The number of anilines is 1. The second kappa shape index (κ2) is 12.8. The van der Waals surface area contributed by atoms with Crippen molar-refractivity contribution in [1.29, 1.82) is 0 Å². The maximum absolute atomic E-state index is 14.0. The number of carbonyl (C=O) groups is 2. The fraction of sp³-hybridized carbons (Fsp3) is 0.559. The highest BCUT2D eigenvalue weighted by molar-refractivity contribution is 6.06. The summed E-state index contributed by atoms with van der Waals surface area (Å²) in [6.07, 6.45) is 0.812. The summed E-state index contributed by atoms with van der Waals surface area (Å²) in [4.78, 5) is 33.5. The van der Waals surface area contributed by atoms with Crippen molar-refractivity contribution in [3.05, 3.63) is 58.9 Å². The SMILES string of the molecule is CCCCC1[C@H]2CC[C@@H]1[C@H](C(=O)Nc1ccc(F)c(C(F)(F)F)c1)[C@@H]2NC(=O)c1cc(C2=NOC3CC(CO)CC23)ccc1OC. The minimum Gasteiger partial charge on any atom is -0.496 e. The van der Waals surface area contributed by atoms with Gasteiger partial charge in [-0.25, -0.2) is 4.39 Å². The van der Waals surface area contributed by atoms with Gasteiger partial charge in [-0.3, -0.25) is 9.59 Å². The van der Waals surface area contributed by atoms with Gasteiger partial charge in [0.1, 0.15) is 17.7 Å². The quantitative estimate of drug-likeness (QED) is 0.268. The zero-order chi connectivity index (χ0) is 32.7. The lowest BCUT2D eigenvalue weighted by molar-refractivity contribution is -0.140. The van der Waals surface area contributed by atoms with Crippen molar-refractivity contribution in [3.8, 4) is 5.75 Å². The topological polar surface area (TPSA) is 109 Å². The summed E-state index contributed by atoms with van der Waals surface area (Å²) in [5, 5.41) is 19.7. The fourth-order valence-electron chi connectivity index (χ4n) is 8.41. The number of hydrogen-bond donors (Lipinski definition) is 3. The molecular weight excluding hydrogens is 606 g/mol. The van der Waals surface area contributed by atoms with E-state index in [2.05, 4.69) is 22.7 Å². The molecule has 3 N–H and O–H groups in total. The van der Waals surface area contributed by atoms with Gasteiger partial charge in [-0.15, -0.1) is 0 Å². The third-order valence-corrected chi connectivity index (χ3v) is 10.5. The molecule has 2 bridgehead atoms. The molecule has 0 saturated heterocycles. The van der Waals surface area contributed by atoms with E-state index in [9.17, 15) is 32.3 Å². The normalized spacial score (nSPS) is 29.7. The average Bonchev–Trinajstić information content (AvgIpc) is 3.79. The number of rotatable bonds is 10. The molecule has 4 unspecified atom stereocenters. The number of ether oxygens (including phenoxy) is 1. The number of alkyl halides is 3. The van der Waals surface area contributed by atoms with Crippen molar-refractivity contribution in [2.45, 2.75) is 70.2 Å². The van der Waals surface area contributed by atoms with Crippen LogP contribution in [0.5, 0.6) is 5.75 Å². The number of aliphatic hydroxyl groups excluding tert-OH is 1. The largest absolute Gasteiger partial charge is 0.496 e. The standard InChI is InChI=1S/C34H39F4N3O5/c1-3-4-5-20-21-8-9-22(20)31(29(21)33(44)39-19-7-10-26(35)25(15-19)34(36,37)38)40-32(43)24-14-18(6-11-27(24)45-2)30-23-12-17(16-42)13-28(23)46-41-30/h6-7,10-11,14-15,17,20-23,28-29,31,42H,3-5,8-9,12-13,16H2,1-2H3,(H,39,44)(H,40,43)/t17?,20?,21-,22+,23?,28?,29-,31+/m0/s1. The van der Waals surface area contributed by atoms with Gasteiger partial charge in [0.25, 0.3) is 5.91 Å². The Morgan fingerprint density at radius 2 is 1.89 bits per heavy atom. The predicted octanol–water partition coefficient (Wildman–Crippen LogP) is 6.17. The van der Waals surface area contributed by atoms with Crippen LogP contribution in [0.4, 0.5) is 23.2 Å². The van der Waals surface area contributed by atoms with Crippen LogP contribution < -0.4 is 15.4 Å². The Kier molecular flexibility index (Phi) is 9.02. The minimum absolute atomic E-state index is 0.00347. The molecule has 248 valence electrons. The van der Waals surface area contributed by atoms with Gasteiger partial charge in [-0.05, 0) is 92.2 Å². The first-order chi connectivity index (χ1) is 22.0. The maximum atomic E-state index is 14.0. The Bertz CT molecular complexity index is 1510. The van der Waals surface area contributed by atoms with Crippen LogP contribution in [-0.4, -0.2) is 48.5 Å². The molecule has 46 heavy (non-hydrogen) atoms. The molecule has 0 radical (unpaired) electrons. The smallest absolute Gasteiger partial charge is 0.419 e. The molecule has 2 aromatic carbocycles. The first-order valence-electron chi connectivity index (χ1n) is 16.0. The first kappa shape index (κ1) is 32.3. The summed E-state index contributed by atoms with van der Waals surface area (Å²) in [7, 11) is 1.47. The molecule has 1 aliphatic heterocycles. The van der Waals surface area contributed by atoms with Crippen LogP contribution in [0.1, 0.15) is 73.4 Å². The molecule has 8 nitrogen and oxygen atoms in total. The average molecular weight is 646 g/mol. The molecule has 8 atom stereocenters. The highest BCUT2D eigenvalue weighted by Crippen LogP contribution is 2.55. The van der Waals surface area contributed by atoms with Crippen molar-refractivity contribution in [2.24, 2.45) is 40.7 Å². The lowest BCUT2D eigenvalue weighted by Gasteiger charge is -2.31. The fourth-order valence-corrected chi connectivity index (χ4v) is 8.41. The number of nitrogens with one attached hydrogen (secondary N) is 2. The predicted molar refractivity (Wildman–Crippen MR) is 162 cm³/mol. The third-order valence-electron chi connectivity index (χ3n) is 10.5. The number of hydrogen-bond acceptors (Lipinski definition) is 6.